The Morgan fingerprint density at radius 3 is 2.75 bits per heavy atom. The van der Waals surface area contributed by atoms with Gasteiger partial charge in [0.1, 0.15) is 40.4 Å². The van der Waals surface area contributed by atoms with Gasteiger partial charge in [0.2, 0.25) is 12.3 Å². The predicted molar refractivity (Wildman–Crippen MR) is 177 cm³/mol. The largest absolute Gasteiger partial charge is 0.474 e. The molecule has 2 bridgehead atoms. The molecule has 0 aliphatic carbocycles. The minimum atomic E-state index is -1.02. The Hall–Kier alpha value is -4.12. The van der Waals surface area contributed by atoms with E-state index in [0.29, 0.717) is 19.3 Å². The number of thiophene rings is 1. The number of piperidine rings is 1. The number of carbonyl (C=O) groups is 1. The first kappa shape index (κ1) is 32.4. The van der Waals surface area contributed by atoms with E-state index in [1.807, 2.05) is 15.9 Å². The zero-order valence-electron chi connectivity index (χ0n) is 25.8. The molecule has 4 saturated heterocycles. The molecule has 9 nitrogen and oxygen atoms in total. The van der Waals surface area contributed by atoms with Crippen molar-refractivity contribution in [3.63, 3.8) is 0 Å². The van der Waals surface area contributed by atoms with Crippen LogP contribution in [0.5, 0.6) is 11.9 Å². The summed E-state index contributed by atoms with van der Waals surface area (Å²) in [6, 6.07) is 4.62. The summed E-state index contributed by atoms with van der Waals surface area (Å²) in [7, 11) is 0. The summed E-state index contributed by atoms with van der Waals surface area (Å²) in [6.07, 6.45) is 7.97. The van der Waals surface area contributed by atoms with Gasteiger partial charge in [-0.2, -0.15) is 15.2 Å². The van der Waals surface area contributed by atoms with E-state index in [9.17, 15) is 13.6 Å². The molecule has 14 heteroatoms. The lowest BCUT2D eigenvalue weighted by Crippen LogP contribution is -2.45. The van der Waals surface area contributed by atoms with Gasteiger partial charge in [0.15, 0.2) is 5.82 Å². The highest BCUT2D eigenvalue weighted by atomic mass is 35.5. The Bertz CT molecular complexity index is 1900. The molecule has 4 aliphatic heterocycles. The number of nitrogens with zero attached hydrogens (tertiary/aromatic N) is 5. The number of ether oxygens (including phenoxy) is 2. The normalized spacial score (nSPS) is 27.1. The zero-order chi connectivity index (χ0) is 33.7. The van der Waals surface area contributed by atoms with Gasteiger partial charge >= 0.3 is 6.01 Å². The van der Waals surface area contributed by atoms with E-state index < -0.39 is 23.4 Å². The van der Waals surface area contributed by atoms with Crippen LogP contribution in [0.15, 0.2) is 36.6 Å². The van der Waals surface area contributed by atoms with Crippen LogP contribution in [0.25, 0.3) is 22.8 Å². The molecule has 6 heterocycles. The Morgan fingerprint density at radius 1 is 1.27 bits per heavy atom. The third-order valence-corrected chi connectivity index (χ3v) is 11.3. The molecule has 3 aromatic rings. The average Bonchev–Trinajstić information content (AvgIpc) is 3.78. The summed E-state index contributed by atoms with van der Waals surface area (Å²) in [4.78, 5) is 24.6. The summed E-state index contributed by atoms with van der Waals surface area (Å²) < 4.78 is 58.2. The number of amides is 1. The Balaban J connectivity index is 1.24. The second-order valence-corrected chi connectivity index (χ2v) is 14.2. The number of halogens is 4. The molecule has 1 aromatic carbocycles. The highest BCUT2D eigenvalue weighted by molar-refractivity contribution is 7.17. The third-order valence-electron chi connectivity index (χ3n) is 9.97. The summed E-state index contributed by atoms with van der Waals surface area (Å²) >= 11 is 7.50. The Morgan fingerprint density at radius 2 is 2.04 bits per heavy atom. The van der Waals surface area contributed by atoms with E-state index in [4.69, 9.17) is 32.1 Å². The van der Waals surface area contributed by atoms with Crippen LogP contribution in [-0.2, 0) is 4.79 Å². The number of aromatic nitrogens is 2. The van der Waals surface area contributed by atoms with Gasteiger partial charge in [0.25, 0.3) is 0 Å². The molecular formula is C34H32ClF3N6O3S. The maximum atomic E-state index is 16.3. The fourth-order valence-electron chi connectivity index (χ4n) is 7.70. The number of carbonyl (C=O) groups excluding carboxylic acids is 1. The van der Waals surface area contributed by atoms with Crippen LogP contribution in [0, 0.1) is 17.1 Å². The van der Waals surface area contributed by atoms with Crippen molar-refractivity contribution in [2.24, 2.45) is 0 Å². The fraction of sp³-hybridized carbons (Fsp3) is 0.412. The number of alkyl halides is 1. The van der Waals surface area contributed by atoms with Gasteiger partial charge in [-0.3, -0.25) is 9.69 Å². The highest BCUT2D eigenvalue weighted by Crippen LogP contribution is 2.45. The van der Waals surface area contributed by atoms with Crippen molar-refractivity contribution in [1.82, 2.24) is 19.8 Å². The summed E-state index contributed by atoms with van der Waals surface area (Å²) in [5.41, 5.74) is 5.03. The molecule has 2 aromatic heterocycles. The lowest BCUT2D eigenvalue weighted by molar-refractivity contribution is -0.123. The molecule has 2 N–H and O–H groups in total. The number of hydrogen-bond acceptors (Lipinski definition) is 9. The molecule has 1 amide bonds. The van der Waals surface area contributed by atoms with Crippen molar-refractivity contribution in [2.45, 2.75) is 74.8 Å². The number of fused-ring (bicyclic) bond motifs is 4. The highest BCUT2D eigenvalue weighted by Gasteiger charge is 2.52. The zero-order valence-corrected chi connectivity index (χ0v) is 27.4. The van der Waals surface area contributed by atoms with Crippen LogP contribution in [0.2, 0.25) is 5.02 Å². The summed E-state index contributed by atoms with van der Waals surface area (Å²) in [5.74, 6) is -1.12. The van der Waals surface area contributed by atoms with Crippen LogP contribution in [-0.4, -0.2) is 69.2 Å². The van der Waals surface area contributed by atoms with E-state index in [-0.39, 0.29) is 85.7 Å². The van der Waals surface area contributed by atoms with E-state index in [2.05, 4.69) is 16.5 Å². The second kappa shape index (κ2) is 12.7. The van der Waals surface area contributed by atoms with Crippen LogP contribution < -0.4 is 15.2 Å². The second-order valence-electron chi connectivity index (χ2n) is 12.7. The molecule has 7 rings (SSSR count). The minimum absolute atomic E-state index is 0.0139. The maximum Gasteiger partial charge on any atom is 0.325 e. The molecular weight excluding hydrogens is 665 g/mol. The molecule has 1 unspecified atom stereocenters. The number of hydrogen-bond donors (Lipinski definition) is 1. The smallest absolute Gasteiger partial charge is 0.325 e. The lowest BCUT2D eigenvalue weighted by Gasteiger charge is -2.36. The topological polar surface area (TPSA) is 118 Å². The van der Waals surface area contributed by atoms with E-state index >= 15 is 4.39 Å². The van der Waals surface area contributed by atoms with Crippen molar-refractivity contribution in [1.29, 1.82) is 5.26 Å². The lowest BCUT2D eigenvalue weighted by atomic mass is 9.92. The quantitative estimate of drug-likeness (QED) is 0.145. The summed E-state index contributed by atoms with van der Waals surface area (Å²) in [5, 5.41) is 9.54. The van der Waals surface area contributed by atoms with Gasteiger partial charge in [-0.25, -0.2) is 13.2 Å². The fourth-order valence-corrected chi connectivity index (χ4v) is 8.75. The Labute approximate surface area is 284 Å². The average molecular weight is 697 g/mol. The molecule has 250 valence electrons. The van der Waals surface area contributed by atoms with Crippen LogP contribution in [0.3, 0.4) is 0 Å². The molecule has 0 spiro atoms. The number of anilines is 1. The molecule has 48 heavy (non-hydrogen) atoms. The van der Waals surface area contributed by atoms with Gasteiger partial charge in [0, 0.05) is 43.5 Å². The van der Waals surface area contributed by atoms with Gasteiger partial charge in [-0.1, -0.05) is 30.3 Å². The number of nitrogen functional groups attached to an aromatic ring is 1. The van der Waals surface area contributed by atoms with Crippen molar-refractivity contribution in [3.8, 4) is 18.0 Å². The van der Waals surface area contributed by atoms with E-state index in [1.54, 1.807) is 0 Å². The summed E-state index contributed by atoms with van der Waals surface area (Å²) in [6.45, 7) is 5.14. The van der Waals surface area contributed by atoms with Crippen LogP contribution >= 0.6 is 22.9 Å². The molecule has 5 atom stereocenters. The van der Waals surface area contributed by atoms with Crippen molar-refractivity contribution in [2.75, 3.05) is 18.8 Å². The van der Waals surface area contributed by atoms with Crippen LogP contribution in [0.1, 0.15) is 60.9 Å². The number of benzene rings is 1. The maximum absolute atomic E-state index is 16.3. The van der Waals surface area contributed by atoms with E-state index in [0.717, 1.165) is 49.6 Å². The monoisotopic (exact) mass is 696 g/mol. The number of nitriles is 1. The van der Waals surface area contributed by atoms with Crippen molar-refractivity contribution in [3.05, 3.63) is 63.5 Å². The van der Waals surface area contributed by atoms with Gasteiger partial charge < -0.3 is 20.1 Å². The van der Waals surface area contributed by atoms with Gasteiger partial charge in [-0.15, -0.1) is 11.3 Å². The number of allylic oxidation sites excluding steroid dienone is 2. The molecule has 4 fully saturated rings. The Kier molecular flexibility index (Phi) is 8.60. The predicted octanol–water partition coefficient (Wildman–Crippen LogP) is 6.96. The third kappa shape index (κ3) is 5.69. The van der Waals surface area contributed by atoms with Crippen molar-refractivity contribution < 1.29 is 27.4 Å². The first-order valence-electron chi connectivity index (χ1n) is 15.8. The first-order valence-corrected chi connectivity index (χ1v) is 17.0. The standard InChI is InChI=1S/C34H32ClF3N6O3S/c1-18(34-8-3-9-43(34)16-20(36)14-34)46-33-41-30-25(32(42-33)47-23-11-21-6-7-22(12-23)44(21)17-45)13-26(35)24(29(30)38)4-2-5-27(37)28-10-19(15-39)31(40)48-28/h2,4-5,10,13,17,20-23H,1,3,6-9,11-12,14,16,40H2/b4-2+,27-5+/t20-,21-,22+,23?,34+/m1/s1. The van der Waals surface area contributed by atoms with Gasteiger partial charge in [0.05, 0.1) is 26.4 Å². The van der Waals surface area contributed by atoms with Crippen LogP contribution in [0.4, 0.5) is 18.2 Å². The molecule has 0 saturated carbocycles. The minimum Gasteiger partial charge on any atom is -0.474 e. The van der Waals surface area contributed by atoms with Gasteiger partial charge in [-0.05, 0) is 50.4 Å². The van der Waals surface area contributed by atoms with E-state index in [1.165, 1.54) is 24.3 Å². The van der Waals surface area contributed by atoms with Crippen molar-refractivity contribution >= 4 is 57.2 Å². The first-order chi connectivity index (χ1) is 23.1. The molecule has 0 radical (unpaired) electrons. The molecule has 4 aliphatic rings. The SMILES string of the molecule is C=C(Oc1nc(OC2C[C@H]3CC[C@@H](C2)N3C=O)c2cc(Cl)c(/C=C/C=C(/F)c3cc(C#N)c(N)s3)c(F)c2n1)[C@@]12CCCN1C[C@H](F)C2. The number of nitrogens with two attached hydrogens (primary N) is 1. The number of rotatable bonds is 9.